The number of allylic oxidation sites excluding steroid dienone is 1. The van der Waals surface area contributed by atoms with Crippen LogP contribution < -0.4 is 0 Å². The predicted octanol–water partition coefficient (Wildman–Crippen LogP) is 4.89. The second-order valence-corrected chi connectivity index (χ2v) is 7.92. The van der Waals surface area contributed by atoms with Gasteiger partial charge in [-0.05, 0) is 23.6 Å². The van der Waals surface area contributed by atoms with E-state index in [1.165, 1.54) is 29.4 Å². The van der Waals surface area contributed by atoms with Gasteiger partial charge in [-0.25, -0.2) is 15.0 Å². The van der Waals surface area contributed by atoms with E-state index in [0.717, 1.165) is 25.5 Å². The molecule has 3 heterocycles. The molecule has 4 rings (SSSR count). The zero-order valence-corrected chi connectivity index (χ0v) is 15.2. The summed E-state index contributed by atoms with van der Waals surface area (Å²) in [6, 6.07) is 11.7. The highest BCUT2D eigenvalue weighted by atomic mass is 32.2. The van der Waals surface area contributed by atoms with Crippen LogP contribution in [0.15, 0.2) is 52.8 Å². The number of hydrogen-bond acceptors (Lipinski definition) is 8. The molecule has 0 saturated heterocycles. The largest absolute Gasteiger partial charge is 0.510 e. The van der Waals surface area contributed by atoms with Gasteiger partial charge in [-0.3, -0.25) is 0 Å². The lowest BCUT2D eigenvalue weighted by Gasteiger charge is -2.03. The van der Waals surface area contributed by atoms with E-state index in [0.29, 0.717) is 5.01 Å². The Morgan fingerprint density at radius 3 is 2.96 bits per heavy atom. The van der Waals surface area contributed by atoms with Crippen LogP contribution in [0, 0.1) is 11.3 Å². The van der Waals surface area contributed by atoms with Gasteiger partial charge in [0.25, 0.3) is 0 Å². The fraction of sp³-hybridized carbons (Fsp3) is 0.0588. The second-order valence-electron chi connectivity index (χ2n) is 5.03. The Morgan fingerprint density at radius 1 is 1.24 bits per heavy atom. The van der Waals surface area contributed by atoms with Crippen LogP contribution in [0.3, 0.4) is 0 Å². The van der Waals surface area contributed by atoms with Crippen molar-refractivity contribution in [2.45, 2.75) is 5.03 Å². The van der Waals surface area contributed by atoms with E-state index >= 15 is 0 Å². The number of para-hydroxylation sites is 1. The summed E-state index contributed by atoms with van der Waals surface area (Å²) in [4.78, 5) is 13.8. The number of aliphatic hydroxyl groups excluding tert-OH is 1. The third kappa shape index (κ3) is 3.09. The highest BCUT2D eigenvalue weighted by Gasteiger charge is 2.15. The van der Waals surface area contributed by atoms with Crippen LogP contribution in [0.5, 0.6) is 0 Å². The first kappa shape index (κ1) is 16.0. The molecule has 0 atom stereocenters. The number of aliphatic hydroxyl groups is 1. The maximum absolute atomic E-state index is 10.4. The number of hydrogen-bond donors (Lipinski definition) is 1. The average Bonchev–Trinajstić information content (AvgIpc) is 3.27. The van der Waals surface area contributed by atoms with Crippen molar-refractivity contribution in [2.24, 2.45) is 0 Å². The summed E-state index contributed by atoms with van der Waals surface area (Å²) in [7, 11) is 0. The van der Waals surface area contributed by atoms with Crippen LogP contribution in [0.25, 0.3) is 26.0 Å². The van der Waals surface area contributed by atoms with Gasteiger partial charge in [-0.2, -0.15) is 5.26 Å². The molecule has 122 valence electrons. The number of rotatable bonds is 4. The van der Waals surface area contributed by atoms with Crippen LogP contribution in [0.1, 0.15) is 5.01 Å². The molecule has 5 nitrogen and oxygen atoms in total. The molecule has 1 N–H and O–H groups in total. The topological polar surface area (TPSA) is 82.7 Å². The minimum atomic E-state index is 0.00791. The first-order valence-electron chi connectivity index (χ1n) is 7.25. The van der Waals surface area contributed by atoms with Crippen molar-refractivity contribution in [2.75, 3.05) is 5.75 Å². The zero-order chi connectivity index (χ0) is 17.2. The third-order valence-electron chi connectivity index (χ3n) is 3.48. The van der Waals surface area contributed by atoms with Gasteiger partial charge in [0.05, 0.1) is 16.0 Å². The Bertz CT molecular complexity index is 1110. The summed E-state index contributed by atoms with van der Waals surface area (Å²) in [6.45, 7) is 0. The summed E-state index contributed by atoms with van der Waals surface area (Å²) >= 11 is 4.33. The molecular formula is C17H10N4OS3. The van der Waals surface area contributed by atoms with Gasteiger partial charge in [-0.1, -0.05) is 23.9 Å². The Labute approximate surface area is 155 Å². The Morgan fingerprint density at radius 2 is 2.12 bits per heavy atom. The maximum Gasteiger partial charge on any atom is 0.138 e. The standard InChI is InChI=1S/C17H10N4OS3/c18-7-11(17-21-12-3-1-2-4-14(12)25-17)13(22)8-24-16-10-5-6-23-15(10)19-9-20-16/h1-6,9,22H,8H2/b13-11-. The minimum Gasteiger partial charge on any atom is -0.510 e. The molecule has 0 saturated carbocycles. The van der Waals surface area contributed by atoms with Gasteiger partial charge in [0, 0.05) is 5.39 Å². The van der Waals surface area contributed by atoms with Gasteiger partial charge in [0.15, 0.2) is 0 Å². The van der Waals surface area contributed by atoms with Gasteiger partial charge in [0.1, 0.15) is 38.6 Å². The number of aromatic nitrogens is 3. The van der Waals surface area contributed by atoms with Crippen molar-refractivity contribution in [1.82, 2.24) is 15.0 Å². The number of fused-ring (bicyclic) bond motifs is 2. The van der Waals surface area contributed by atoms with Crippen LogP contribution in [-0.2, 0) is 0 Å². The van der Waals surface area contributed by atoms with Crippen molar-refractivity contribution in [1.29, 1.82) is 5.26 Å². The molecule has 0 aliphatic carbocycles. The van der Waals surface area contributed by atoms with Crippen LogP contribution in [0.2, 0.25) is 0 Å². The third-order valence-corrected chi connectivity index (χ3v) is 6.37. The Hall–Kier alpha value is -2.47. The highest BCUT2D eigenvalue weighted by molar-refractivity contribution is 7.99. The fourth-order valence-corrected chi connectivity index (χ4v) is 4.95. The first-order valence-corrected chi connectivity index (χ1v) is 9.93. The predicted molar refractivity (Wildman–Crippen MR) is 103 cm³/mol. The van der Waals surface area contributed by atoms with E-state index in [9.17, 15) is 10.4 Å². The molecule has 8 heteroatoms. The smallest absolute Gasteiger partial charge is 0.138 e. The summed E-state index contributed by atoms with van der Waals surface area (Å²) in [6.07, 6.45) is 1.51. The van der Waals surface area contributed by atoms with Crippen molar-refractivity contribution in [3.63, 3.8) is 0 Å². The Kier molecular flexibility index (Phi) is 4.36. The lowest BCUT2D eigenvalue weighted by atomic mass is 10.2. The molecule has 0 bridgehead atoms. The molecule has 4 aromatic rings. The number of thioether (sulfide) groups is 1. The molecule has 0 aliphatic rings. The Balaban J connectivity index is 1.63. The molecule has 0 aliphatic heterocycles. The van der Waals surface area contributed by atoms with Gasteiger partial charge >= 0.3 is 0 Å². The fourth-order valence-electron chi connectivity index (χ4n) is 2.31. The van der Waals surface area contributed by atoms with Crippen LogP contribution >= 0.6 is 34.4 Å². The molecule has 0 unspecified atom stereocenters. The number of thiazole rings is 1. The van der Waals surface area contributed by atoms with Gasteiger partial charge in [0.2, 0.25) is 0 Å². The van der Waals surface area contributed by atoms with Crippen LogP contribution in [0.4, 0.5) is 0 Å². The second kappa shape index (κ2) is 6.80. The molecule has 1 aromatic carbocycles. The van der Waals surface area contributed by atoms with Gasteiger partial charge < -0.3 is 5.11 Å². The van der Waals surface area contributed by atoms with E-state index in [1.807, 2.05) is 35.7 Å². The van der Waals surface area contributed by atoms with E-state index in [1.54, 1.807) is 11.3 Å². The van der Waals surface area contributed by atoms with Crippen molar-refractivity contribution >= 4 is 60.4 Å². The van der Waals surface area contributed by atoms with Crippen molar-refractivity contribution in [3.05, 3.63) is 52.8 Å². The minimum absolute atomic E-state index is 0.00791. The SMILES string of the molecule is N#C/C(=C(/O)CSc1ncnc2sccc12)c1nc2ccccc2s1. The molecule has 0 amide bonds. The number of benzene rings is 1. The monoisotopic (exact) mass is 382 g/mol. The van der Waals surface area contributed by atoms with E-state index in [-0.39, 0.29) is 17.1 Å². The lowest BCUT2D eigenvalue weighted by molar-refractivity contribution is 0.421. The summed E-state index contributed by atoms with van der Waals surface area (Å²) < 4.78 is 0.987. The molecule has 3 aromatic heterocycles. The normalized spacial score (nSPS) is 12.3. The molecule has 0 radical (unpaired) electrons. The number of nitrogens with zero attached hydrogens (tertiary/aromatic N) is 4. The maximum atomic E-state index is 10.4. The van der Waals surface area contributed by atoms with Crippen LogP contribution in [-0.4, -0.2) is 25.8 Å². The van der Waals surface area contributed by atoms with Gasteiger partial charge in [-0.15, -0.1) is 22.7 Å². The van der Waals surface area contributed by atoms with Crippen molar-refractivity contribution < 1.29 is 5.11 Å². The summed E-state index contributed by atoms with van der Waals surface area (Å²) in [5.74, 6) is 0.259. The number of nitriles is 1. The lowest BCUT2D eigenvalue weighted by Crippen LogP contribution is -1.94. The molecule has 25 heavy (non-hydrogen) atoms. The number of thiophene rings is 1. The highest BCUT2D eigenvalue weighted by Crippen LogP contribution is 2.32. The molecule has 0 spiro atoms. The zero-order valence-electron chi connectivity index (χ0n) is 12.7. The van der Waals surface area contributed by atoms with E-state index < -0.39 is 0 Å². The summed E-state index contributed by atoms with van der Waals surface area (Å²) in [5, 5.41) is 24.2. The average molecular weight is 382 g/mol. The van der Waals surface area contributed by atoms with E-state index in [4.69, 9.17) is 0 Å². The van der Waals surface area contributed by atoms with Crippen molar-refractivity contribution in [3.8, 4) is 6.07 Å². The molecular weight excluding hydrogens is 372 g/mol. The first-order chi connectivity index (χ1) is 12.3. The molecule has 0 fully saturated rings. The summed E-state index contributed by atoms with van der Waals surface area (Å²) in [5.41, 5.74) is 1.04. The van der Waals surface area contributed by atoms with E-state index in [2.05, 4.69) is 21.0 Å². The quantitative estimate of drug-likeness (QED) is 0.234.